The van der Waals surface area contributed by atoms with Gasteiger partial charge in [-0.25, -0.2) is 0 Å². The molecule has 2 aromatic carbocycles. The molecule has 0 unspecified atom stereocenters. The van der Waals surface area contributed by atoms with Gasteiger partial charge in [0.15, 0.2) is 0 Å². The molecule has 0 heterocycles. The van der Waals surface area contributed by atoms with Crippen LogP contribution in [0.25, 0.3) is 0 Å². The number of hydrogen-bond donors (Lipinski definition) is 1. The Kier molecular flexibility index (Phi) is 5.43. The van der Waals surface area contributed by atoms with Gasteiger partial charge in [0.05, 0.1) is 4.47 Å². The molecule has 0 bridgehead atoms. The first kappa shape index (κ1) is 16.1. The fourth-order valence-corrected chi connectivity index (χ4v) is 2.24. The zero-order valence-corrected chi connectivity index (χ0v) is 14.4. The van der Waals surface area contributed by atoms with Gasteiger partial charge in [-0.05, 0) is 60.0 Å². The van der Waals surface area contributed by atoms with Gasteiger partial charge in [-0.1, -0.05) is 36.4 Å². The van der Waals surface area contributed by atoms with E-state index in [0.29, 0.717) is 6.61 Å². The van der Waals surface area contributed by atoms with Crippen LogP contribution in [-0.4, -0.2) is 5.54 Å². The fraction of sp³-hybridized carbons (Fsp3) is 0.333. The van der Waals surface area contributed by atoms with Crippen molar-refractivity contribution in [3.63, 3.8) is 0 Å². The van der Waals surface area contributed by atoms with E-state index in [-0.39, 0.29) is 5.54 Å². The minimum Gasteiger partial charge on any atom is -0.488 e. The second-order valence-electron chi connectivity index (χ2n) is 6.14. The monoisotopic (exact) mass is 347 g/mol. The van der Waals surface area contributed by atoms with Crippen molar-refractivity contribution in [2.24, 2.45) is 0 Å². The van der Waals surface area contributed by atoms with Crippen LogP contribution in [0.1, 0.15) is 31.9 Å². The van der Waals surface area contributed by atoms with Gasteiger partial charge >= 0.3 is 0 Å². The molecule has 0 fully saturated rings. The van der Waals surface area contributed by atoms with Gasteiger partial charge in [0, 0.05) is 12.1 Å². The Morgan fingerprint density at radius 2 is 1.57 bits per heavy atom. The number of rotatable bonds is 5. The van der Waals surface area contributed by atoms with Gasteiger partial charge in [-0.2, -0.15) is 0 Å². The zero-order chi connectivity index (χ0) is 15.3. The predicted molar refractivity (Wildman–Crippen MR) is 91.5 cm³/mol. The molecular weight excluding hydrogens is 326 g/mol. The van der Waals surface area contributed by atoms with Crippen LogP contribution in [-0.2, 0) is 13.2 Å². The molecule has 0 aliphatic carbocycles. The van der Waals surface area contributed by atoms with Crippen molar-refractivity contribution in [2.45, 2.75) is 39.5 Å². The SMILES string of the molecule is CC(C)(C)NCc1ccc(COc2ccccc2Br)cc1. The third-order valence-electron chi connectivity index (χ3n) is 3.08. The average molecular weight is 348 g/mol. The van der Waals surface area contributed by atoms with E-state index in [2.05, 4.69) is 66.3 Å². The summed E-state index contributed by atoms with van der Waals surface area (Å²) in [5.74, 6) is 0.871. The first-order valence-corrected chi connectivity index (χ1v) is 7.93. The Hall–Kier alpha value is -1.32. The van der Waals surface area contributed by atoms with Crippen LogP contribution in [0, 0.1) is 0 Å². The number of nitrogens with one attached hydrogen (secondary N) is 1. The summed E-state index contributed by atoms with van der Waals surface area (Å²) in [6, 6.07) is 16.4. The van der Waals surface area contributed by atoms with E-state index in [9.17, 15) is 0 Å². The highest BCUT2D eigenvalue weighted by atomic mass is 79.9. The summed E-state index contributed by atoms with van der Waals surface area (Å²) < 4.78 is 6.80. The molecule has 0 amide bonds. The van der Waals surface area contributed by atoms with Crippen LogP contribution in [0.5, 0.6) is 5.75 Å². The number of ether oxygens (including phenoxy) is 1. The molecule has 21 heavy (non-hydrogen) atoms. The summed E-state index contributed by atoms with van der Waals surface area (Å²) in [7, 11) is 0. The zero-order valence-electron chi connectivity index (χ0n) is 12.8. The van der Waals surface area contributed by atoms with Crippen LogP contribution in [0.3, 0.4) is 0 Å². The quantitative estimate of drug-likeness (QED) is 0.828. The van der Waals surface area contributed by atoms with Gasteiger partial charge in [0.1, 0.15) is 12.4 Å². The lowest BCUT2D eigenvalue weighted by molar-refractivity contribution is 0.304. The minimum atomic E-state index is 0.140. The predicted octanol–water partition coefficient (Wildman–Crippen LogP) is 4.92. The third-order valence-corrected chi connectivity index (χ3v) is 3.73. The standard InChI is InChI=1S/C18H22BrNO/c1-18(2,3)20-12-14-8-10-15(11-9-14)13-21-17-7-5-4-6-16(17)19/h4-11,20H,12-13H2,1-3H3. The number of para-hydroxylation sites is 1. The van der Waals surface area contributed by atoms with Gasteiger partial charge < -0.3 is 10.1 Å². The van der Waals surface area contributed by atoms with Crippen molar-refractivity contribution in [3.05, 3.63) is 64.1 Å². The van der Waals surface area contributed by atoms with E-state index in [1.807, 2.05) is 24.3 Å². The molecule has 0 radical (unpaired) electrons. The molecule has 2 rings (SSSR count). The van der Waals surface area contributed by atoms with E-state index in [1.165, 1.54) is 11.1 Å². The largest absolute Gasteiger partial charge is 0.488 e. The van der Waals surface area contributed by atoms with E-state index < -0.39 is 0 Å². The van der Waals surface area contributed by atoms with Crippen molar-refractivity contribution >= 4 is 15.9 Å². The van der Waals surface area contributed by atoms with E-state index in [4.69, 9.17) is 4.74 Å². The normalized spacial score (nSPS) is 11.4. The Bertz CT molecular complexity index is 573. The highest BCUT2D eigenvalue weighted by Crippen LogP contribution is 2.24. The first-order valence-electron chi connectivity index (χ1n) is 7.14. The lowest BCUT2D eigenvalue weighted by atomic mass is 10.1. The molecule has 2 nitrogen and oxygen atoms in total. The molecule has 0 saturated carbocycles. The number of halogens is 1. The summed E-state index contributed by atoms with van der Waals surface area (Å²) in [6.45, 7) is 7.98. The van der Waals surface area contributed by atoms with Crippen LogP contribution >= 0.6 is 15.9 Å². The maximum atomic E-state index is 5.81. The molecular formula is C18H22BrNO. The molecule has 0 aliphatic heterocycles. The second kappa shape index (κ2) is 7.10. The topological polar surface area (TPSA) is 21.3 Å². The summed E-state index contributed by atoms with van der Waals surface area (Å²) >= 11 is 3.49. The molecule has 0 atom stereocenters. The number of benzene rings is 2. The van der Waals surface area contributed by atoms with E-state index in [1.54, 1.807) is 0 Å². The average Bonchev–Trinajstić information content (AvgIpc) is 2.45. The lowest BCUT2D eigenvalue weighted by Crippen LogP contribution is -2.35. The van der Waals surface area contributed by atoms with Crippen LogP contribution in [0.2, 0.25) is 0 Å². The summed E-state index contributed by atoms with van der Waals surface area (Å²) in [5, 5.41) is 3.49. The van der Waals surface area contributed by atoms with Crippen molar-refractivity contribution in [1.82, 2.24) is 5.32 Å². The molecule has 0 saturated heterocycles. The summed E-state index contributed by atoms with van der Waals surface area (Å²) in [4.78, 5) is 0. The molecule has 1 N–H and O–H groups in total. The van der Waals surface area contributed by atoms with E-state index >= 15 is 0 Å². The van der Waals surface area contributed by atoms with Crippen molar-refractivity contribution < 1.29 is 4.74 Å². The highest BCUT2D eigenvalue weighted by molar-refractivity contribution is 9.10. The Morgan fingerprint density at radius 1 is 0.952 bits per heavy atom. The summed E-state index contributed by atoms with van der Waals surface area (Å²) in [5.41, 5.74) is 2.60. The van der Waals surface area contributed by atoms with Crippen LogP contribution in [0.15, 0.2) is 53.0 Å². The fourth-order valence-electron chi connectivity index (χ4n) is 1.84. The molecule has 112 valence electrons. The van der Waals surface area contributed by atoms with Gasteiger partial charge in [0.25, 0.3) is 0 Å². The van der Waals surface area contributed by atoms with Gasteiger partial charge in [-0.3, -0.25) is 0 Å². The maximum absolute atomic E-state index is 5.81. The Morgan fingerprint density at radius 3 is 2.19 bits per heavy atom. The van der Waals surface area contributed by atoms with Crippen molar-refractivity contribution in [3.8, 4) is 5.75 Å². The molecule has 2 aromatic rings. The van der Waals surface area contributed by atoms with Gasteiger partial charge in [-0.15, -0.1) is 0 Å². The Balaban J connectivity index is 1.89. The molecule has 0 spiro atoms. The number of hydrogen-bond acceptors (Lipinski definition) is 2. The molecule has 0 aromatic heterocycles. The van der Waals surface area contributed by atoms with Crippen LogP contribution < -0.4 is 10.1 Å². The second-order valence-corrected chi connectivity index (χ2v) is 6.99. The minimum absolute atomic E-state index is 0.140. The van der Waals surface area contributed by atoms with Crippen molar-refractivity contribution in [1.29, 1.82) is 0 Å². The summed E-state index contributed by atoms with van der Waals surface area (Å²) in [6.07, 6.45) is 0. The van der Waals surface area contributed by atoms with Gasteiger partial charge in [0.2, 0.25) is 0 Å². The van der Waals surface area contributed by atoms with Crippen molar-refractivity contribution in [2.75, 3.05) is 0 Å². The maximum Gasteiger partial charge on any atom is 0.133 e. The third kappa shape index (κ3) is 5.52. The molecule has 3 heteroatoms. The Labute approximate surface area is 135 Å². The first-order chi connectivity index (χ1) is 9.94. The lowest BCUT2D eigenvalue weighted by Gasteiger charge is -2.20. The van der Waals surface area contributed by atoms with Crippen LogP contribution in [0.4, 0.5) is 0 Å². The molecule has 0 aliphatic rings. The highest BCUT2D eigenvalue weighted by Gasteiger charge is 2.08. The smallest absolute Gasteiger partial charge is 0.133 e. The van der Waals surface area contributed by atoms with E-state index in [0.717, 1.165) is 16.8 Å².